The van der Waals surface area contributed by atoms with Crippen molar-refractivity contribution >= 4 is 5.69 Å². The lowest BCUT2D eigenvalue weighted by Gasteiger charge is -2.17. The molecule has 0 amide bonds. The highest BCUT2D eigenvalue weighted by atomic mass is 16.5. The second kappa shape index (κ2) is 3.74. The summed E-state index contributed by atoms with van der Waals surface area (Å²) in [6, 6.07) is 6.28. The number of methoxy groups -OCH3 is 1. The van der Waals surface area contributed by atoms with Gasteiger partial charge in [0, 0.05) is 24.8 Å². The molecule has 0 saturated heterocycles. The molecule has 2 nitrogen and oxygen atoms in total. The second-order valence-corrected chi connectivity index (χ2v) is 3.48. The predicted molar refractivity (Wildman–Crippen MR) is 59.1 cm³/mol. The van der Waals surface area contributed by atoms with Gasteiger partial charge in [0.25, 0.3) is 0 Å². The van der Waals surface area contributed by atoms with E-state index in [1.165, 1.54) is 11.3 Å². The van der Waals surface area contributed by atoms with Crippen LogP contribution in [0.2, 0.25) is 0 Å². The highest BCUT2D eigenvalue weighted by molar-refractivity contribution is 5.61. The average molecular weight is 189 g/mol. The van der Waals surface area contributed by atoms with E-state index in [9.17, 15) is 0 Å². The van der Waals surface area contributed by atoms with Crippen LogP contribution in [0.25, 0.3) is 0 Å². The van der Waals surface area contributed by atoms with Crippen molar-refractivity contribution in [3.05, 3.63) is 36.4 Å². The molecule has 0 radical (unpaired) electrons. The van der Waals surface area contributed by atoms with Crippen molar-refractivity contribution in [1.82, 2.24) is 0 Å². The fraction of sp³-hybridized carbons (Fsp3) is 0.333. The van der Waals surface area contributed by atoms with E-state index < -0.39 is 0 Å². The molecule has 0 aromatic heterocycles. The van der Waals surface area contributed by atoms with Gasteiger partial charge in [-0.15, -0.1) is 6.58 Å². The van der Waals surface area contributed by atoms with E-state index in [1.807, 2.05) is 12.1 Å². The zero-order chi connectivity index (χ0) is 9.97. The second-order valence-electron chi connectivity index (χ2n) is 3.48. The Hall–Kier alpha value is -1.44. The largest absolute Gasteiger partial charge is 0.497 e. The Morgan fingerprint density at radius 3 is 3.14 bits per heavy atom. The van der Waals surface area contributed by atoms with Gasteiger partial charge >= 0.3 is 0 Å². The molecule has 1 aromatic carbocycles. The Balaban J connectivity index is 2.31. The van der Waals surface area contributed by atoms with E-state index in [0.717, 1.165) is 25.3 Å². The number of hydrogen-bond donors (Lipinski definition) is 0. The molecule has 1 heterocycles. The van der Waals surface area contributed by atoms with Crippen LogP contribution >= 0.6 is 0 Å². The molecule has 2 heteroatoms. The summed E-state index contributed by atoms with van der Waals surface area (Å²) in [5.41, 5.74) is 2.71. The zero-order valence-corrected chi connectivity index (χ0v) is 8.49. The Bertz CT molecular complexity index is 346. The first-order valence-electron chi connectivity index (χ1n) is 4.88. The van der Waals surface area contributed by atoms with Crippen LogP contribution in [-0.4, -0.2) is 20.2 Å². The summed E-state index contributed by atoms with van der Waals surface area (Å²) in [6.45, 7) is 5.78. The van der Waals surface area contributed by atoms with Gasteiger partial charge in [0.15, 0.2) is 0 Å². The summed E-state index contributed by atoms with van der Waals surface area (Å²) >= 11 is 0. The molecule has 0 unspecified atom stereocenters. The van der Waals surface area contributed by atoms with Crippen LogP contribution in [0.3, 0.4) is 0 Å². The number of hydrogen-bond acceptors (Lipinski definition) is 2. The Labute approximate surface area is 84.8 Å². The van der Waals surface area contributed by atoms with Crippen molar-refractivity contribution in [2.24, 2.45) is 0 Å². The van der Waals surface area contributed by atoms with Gasteiger partial charge in [0.05, 0.1) is 7.11 Å². The molecule has 1 aliphatic heterocycles. The van der Waals surface area contributed by atoms with Crippen LogP contribution in [0, 0.1) is 0 Å². The monoisotopic (exact) mass is 189 g/mol. The molecule has 1 aliphatic rings. The minimum Gasteiger partial charge on any atom is -0.497 e. The molecule has 0 aliphatic carbocycles. The van der Waals surface area contributed by atoms with Crippen molar-refractivity contribution in [1.29, 1.82) is 0 Å². The maximum atomic E-state index is 5.21. The van der Waals surface area contributed by atoms with Crippen LogP contribution in [0.4, 0.5) is 5.69 Å². The number of fused-ring (bicyclic) bond motifs is 1. The fourth-order valence-corrected chi connectivity index (χ4v) is 1.90. The topological polar surface area (TPSA) is 12.5 Å². The van der Waals surface area contributed by atoms with Crippen molar-refractivity contribution in [2.45, 2.75) is 6.42 Å². The summed E-state index contributed by atoms with van der Waals surface area (Å²) in [7, 11) is 1.70. The highest BCUT2D eigenvalue weighted by Crippen LogP contribution is 2.31. The lowest BCUT2D eigenvalue weighted by molar-refractivity contribution is 0.415. The molecule has 1 aromatic rings. The number of rotatable bonds is 3. The van der Waals surface area contributed by atoms with Gasteiger partial charge in [-0.05, 0) is 18.1 Å². The maximum Gasteiger partial charge on any atom is 0.120 e. The predicted octanol–water partition coefficient (Wildman–Crippen LogP) is 2.24. The van der Waals surface area contributed by atoms with Crippen molar-refractivity contribution in [3.8, 4) is 5.75 Å². The van der Waals surface area contributed by atoms with E-state index >= 15 is 0 Å². The van der Waals surface area contributed by atoms with Gasteiger partial charge in [-0.2, -0.15) is 0 Å². The van der Waals surface area contributed by atoms with Crippen molar-refractivity contribution in [3.63, 3.8) is 0 Å². The van der Waals surface area contributed by atoms with Crippen molar-refractivity contribution in [2.75, 3.05) is 25.1 Å². The van der Waals surface area contributed by atoms with Gasteiger partial charge in [0.2, 0.25) is 0 Å². The molecule has 0 spiro atoms. The van der Waals surface area contributed by atoms with Crippen LogP contribution in [0.5, 0.6) is 5.75 Å². The first kappa shape index (κ1) is 9.13. The molecule has 74 valence electrons. The Morgan fingerprint density at radius 2 is 2.43 bits per heavy atom. The Morgan fingerprint density at radius 1 is 1.57 bits per heavy atom. The normalized spacial score (nSPS) is 13.9. The molecule has 0 fully saturated rings. The number of nitrogens with zero attached hydrogens (tertiary/aromatic N) is 1. The van der Waals surface area contributed by atoms with Crippen LogP contribution in [-0.2, 0) is 6.42 Å². The van der Waals surface area contributed by atoms with Gasteiger partial charge < -0.3 is 9.64 Å². The van der Waals surface area contributed by atoms with Crippen LogP contribution in [0.15, 0.2) is 30.9 Å². The summed E-state index contributed by atoms with van der Waals surface area (Å²) < 4.78 is 5.21. The molecule has 0 saturated carbocycles. The zero-order valence-electron chi connectivity index (χ0n) is 8.49. The van der Waals surface area contributed by atoms with E-state index in [1.54, 1.807) is 7.11 Å². The summed E-state index contributed by atoms with van der Waals surface area (Å²) in [6.07, 6.45) is 3.07. The first-order valence-corrected chi connectivity index (χ1v) is 4.88. The smallest absolute Gasteiger partial charge is 0.120 e. The third-order valence-corrected chi connectivity index (χ3v) is 2.63. The van der Waals surface area contributed by atoms with Gasteiger partial charge in [0.1, 0.15) is 5.75 Å². The minimum absolute atomic E-state index is 0.917. The third-order valence-electron chi connectivity index (χ3n) is 2.63. The van der Waals surface area contributed by atoms with E-state index in [0.29, 0.717) is 0 Å². The lowest BCUT2D eigenvalue weighted by Crippen LogP contribution is -2.19. The van der Waals surface area contributed by atoms with Crippen LogP contribution in [0.1, 0.15) is 5.56 Å². The highest BCUT2D eigenvalue weighted by Gasteiger charge is 2.17. The number of anilines is 1. The van der Waals surface area contributed by atoms with Gasteiger partial charge in [-0.25, -0.2) is 0 Å². The maximum absolute atomic E-state index is 5.21. The average Bonchev–Trinajstić information content (AvgIpc) is 2.61. The lowest BCUT2D eigenvalue weighted by atomic mass is 10.1. The minimum atomic E-state index is 0.917. The van der Waals surface area contributed by atoms with Gasteiger partial charge in [-0.3, -0.25) is 0 Å². The van der Waals surface area contributed by atoms with Gasteiger partial charge in [-0.1, -0.05) is 12.1 Å². The summed E-state index contributed by atoms with van der Waals surface area (Å²) in [5, 5.41) is 0. The molecule has 14 heavy (non-hydrogen) atoms. The van der Waals surface area contributed by atoms with Crippen molar-refractivity contribution < 1.29 is 4.74 Å². The number of benzene rings is 1. The molecule has 0 N–H and O–H groups in total. The third kappa shape index (κ3) is 1.48. The standard InChI is InChI=1S/C12H15NO/c1-3-7-13-8-6-10-4-5-11(14-2)9-12(10)13/h3-5,9H,1,6-8H2,2H3. The van der Waals surface area contributed by atoms with E-state index in [-0.39, 0.29) is 0 Å². The SMILES string of the molecule is C=CCN1CCc2ccc(OC)cc21. The summed E-state index contributed by atoms with van der Waals surface area (Å²) in [4.78, 5) is 2.32. The summed E-state index contributed by atoms with van der Waals surface area (Å²) in [5.74, 6) is 0.930. The fourth-order valence-electron chi connectivity index (χ4n) is 1.90. The Kier molecular flexibility index (Phi) is 2.44. The van der Waals surface area contributed by atoms with E-state index in [2.05, 4.69) is 23.6 Å². The molecule has 0 bridgehead atoms. The quantitative estimate of drug-likeness (QED) is 0.676. The van der Waals surface area contributed by atoms with Crippen LogP contribution < -0.4 is 9.64 Å². The molecular formula is C12H15NO. The molecule has 0 atom stereocenters. The number of ether oxygens (including phenoxy) is 1. The van der Waals surface area contributed by atoms with E-state index in [4.69, 9.17) is 4.74 Å². The molecule has 2 rings (SSSR count). The first-order chi connectivity index (χ1) is 6.85. The molecular weight excluding hydrogens is 174 g/mol.